The van der Waals surface area contributed by atoms with E-state index in [1.54, 1.807) is 0 Å². The van der Waals surface area contributed by atoms with Gasteiger partial charge in [-0.3, -0.25) is 0 Å². The van der Waals surface area contributed by atoms with E-state index in [0.717, 1.165) is 12.8 Å². The summed E-state index contributed by atoms with van der Waals surface area (Å²) in [7, 11) is 0. The molecule has 0 amide bonds. The summed E-state index contributed by atoms with van der Waals surface area (Å²) < 4.78 is 17.2. The van der Waals surface area contributed by atoms with E-state index < -0.39 is 5.79 Å². The maximum Gasteiger partial charge on any atom is 0.190 e. The van der Waals surface area contributed by atoms with Gasteiger partial charge < -0.3 is 14.2 Å². The fourth-order valence-electron chi connectivity index (χ4n) is 2.24. The number of hydrogen-bond acceptors (Lipinski definition) is 3. The van der Waals surface area contributed by atoms with Crippen molar-refractivity contribution in [2.75, 3.05) is 0 Å². The first-order valence-electron chi connectivity index (χ1n) is 4.99. The van der Waals surface area contributed by atoms with Crippen molar-refractivity contribution in [1.82, 2.24) is 0 Å². The van der Waals surface area contributed by atoms with Crippen molar-refractivity contribution in [3.05, 3.63) is 0 Å². The molecule has 0 saturated carbocycles. The molecule has 0 aromatic heterocycles. The van der Waals surface area contributed by atoms with Crippen LogP contribution in [-0.2, 0) is 14.2 Å². The van der Waals surface area contributed by atoms with Crippen LogP contribution in [0.2, 0.25) is 0 Å². The highest BCUT2D eigenvalue weighted by molar-refractivity contribution is 4.95. The quantitative estimate of drug-likeness (QED) is 0.627. The van der Waals surface area contributed by atoms with Crippen molar-refractivity contribution < 1.29 is 14.2 Å². The molecule has 2 fully saturated rings. The van der Waals surface area contributed by atoms with Crippen LogP contribution in [0.4, 0.5) is 0 Å². The van der Waals surface area contributed by atoms with Gasteiger partial charge >= 0.3 is 0 Å². The number of fused-ring (bicyclic) bond motifs is 1. The van der Waals surface area contributed by atoms with Gasteiger partial charge in [0.2, 0.25) is 0 Å². The molecule has 2 aliphatic heterocycles. The fraction of sp³-hybridized carbons (Fsp3) is 1.00. The minimum Gasteiger partial charge on any atom is -0.346 e. The lowest BCUT2D eigenvalue weighted by Gasteiger charge is -2.23. The lowest BCUT2D eigenvalue weighted by molar-refractivity contribution is -0.206. The minimum atomic E-state index is -0.488. The van der Waals surface area contributed by atoms with Gasteiger partial charge in [-0.25, -0.2) is 0 Å². The molecule has 0 bridgehead atoms. The monoisotopic (exact) mass is 186 g/mol. The highest BCUT2D eigenvalue weighted by atomic mass is 16.8. The Balaban J connectivity index is 2.11. The first kappa shape index (κ1) is 9.44. The van der Waals surface area contributed by atoms with E-state index in [4.69, 9.17) is 14.2 Å². The van der Waals surface area contributed by atoms with Crippen molar-refractivity contribution in [3.63, 3.8) is 0 Å². The summed E-state index contributed by atoms with van der Waals surface area (Å²) in [5, 5.41) is 0. The third kappa shape index (κ3) is 1.49. The smallest absolute Gasteiger partial charge is 0.190 e. The van der Waals surface area contributed by atoms with Gasteiger partial charge in [0.1, 0.15) is 5.60 Å². The molecule has 0 aromatic carbocycles. The molecule has 2 heterocycles. The van der Waals surface area contributed by atoms with E-state index in [9.17, 15) is 0 Å². The van der Waals surface area contributed by atoms with Gasteiger partial charge in [0.25, 0.3) is 0 Å². The summed E-state index contributed by atoms with van der Waals surface area (Å²) in [6.45, 7) is 8.06. The SMILES string of the molecule is CCC1CC2(C)OC(C)(C)OC2O1. The average Bonchev–Trinajstić information content (AvgIpc) is 2.35. The predicted molar refractivity (Wildman–Crippen MR) is 48.2 cm³/mol. The zero-order valence-corrected chi connectivity index (χ0v) is 8.79. The first-order valence-corrected chi connectivity index (χ1v) is 4.99. The van der Waals surface area contributed by atoms with Crippen LogP contribution in [0.1, 0.15) is 40.5 Å². The summed E-state index contributed by atoms with van der Waals surface area (Å²) in [5.74, 6) is -0.488. The Morgan fingerprint density at radius 3 is 2.54 bits per heavy atom. The normalized spacial score (nSPS) is 48.0. The largest absolute Gasteiger partial charge is 0.346 e. The van der Waals surface area contributed by atoms with E-state index in [2.05, 4.69) is 13.8 Å². The van der Waals surface area contributed by atoms with Crippen LogP contribution in [0.5, 0.6) is 0 Å². The molecule has 0 radical (unpaired) electrons. The molecule has 3 unspecified atom stereocenters. The summed E-state index contributed by atoms with van der Waals surface area (Å²) in [6, 6.07) is 0. The maximum atomic E-state index is 5.85. The molecule has 0 aromatic rings. The van der Waals surface area contributed by atoms with Crippen molar-refractivity contribution in [3.8, 4) is 0 Å². The third-order valence-corrected chi connectivity index (χ3v) is 2.77. The Hall–Kier alpha value is -0.120. The second kappa shape index (κ2) is 2.69. The van der Waals surface area contributed by atoms with Crippen LogP contribution in [-0.4, -0.2) is 23.8 Å². The second-order valence-electron chi connectivity index (χ2n) is 4.63. The lowest BCUT2D eigenvalue weighted by Crippen LogP contribution is -2.32. The molecule has 0 aliphatic carbocycles. The van der Waals surface area contributed by atoms with Crippen LogP contribution in [0.25, 0.3) is 0 Å². The van der Waals surface area contributed by atoms with Crippen LogP contribution >= 0.6 is 0 Å². The van der Waals surface area contributed by atoms with Gasteiger partial charge in [-0.1, -0.05) is 6.92 Å². The lowest BCUT2D eigenvalue weighted by atomic mass is 10.0. The zero-order chi connectivity index (χ0) is 9.69. The third-order valence-electron chi connectivity index (χ3n) is 2.77. The van der Waals surface area contributed by atoms with Crippen molar-refractivity contribution in [1.29, 1.82) is 0 Å². The van der Waals surface area contributed by atoms with E-state index in [-0.39, 0.29) is 11.9 Å². The van der Waals surface area contributed by atoms with Crippen molar-refractivity contribution in [2.45, 2.75) is 64.3 Å². The highest BCUT2D eigenvalue weighted by Crippen LogP contribution is 2.45. The van der Waals surface area contributed by atoms with E-state index in [1.165, 1.54) is 0 Å². The summed E-state index contributed by atoms with van der Waals surface area (Å²) in [4.78, 5) is 0. The van der Waals surface area contributed by atoms with E-state index in [1.807, 2.05) is 13.8 Å². The molecule has 3 heteroatoms. The minimum absolute atomic E-state index is 0.174. The summed E-state index contributed by atoms with van der Waals surface area (Å²) in [6.07, 6.45) is 2.09. The van der Waals surface area contributed by atoms with Gasteiger partial charge in [0.05, 0.1) is 6.10 Å². The molecule has 2 rings (SSSR count). The summed E-state index contributed by atoms with van der Waals surface area (Å²) in [5.41, 5.74) is -0.232. The Bertz CT molecular complexity index is 214. The molecule has 13 heavy (non-hydrogen) atoms. The van der Waals surface area contributed by atoms with Gasteiger partial charge in [0, 0.05) is 6.42 Å². The van der Waals surface area contributed by atoms with E-state index in [0.29, 0.717) is 6.10 Å². The summed E-state index contributed by atoms with van der Waals surface area (Å²) >= 11 is 0. The van der Waals surface area contributed by atoms with Crippen molar-refractivity contribution >= 4 is 0 Å². The molecular formula is C10H18O3. The molecule has 0 spiro atoms. The fourth-order valence-corrected chi connectivity index (χ4v) is 2.24. The molecule has 3 nitrogen and oxygen atoms in total. The number of hydrogen-bond donors (Lipinski definition) is 0. The van der Waals surface area contributed by atoms with Gasteiger partial charge in [0.15, 0.2) is 12.1 Å². The molecule has 2 aliphatic rings. The topological polar surface area (TPSA) is 27.7 Å². The zero-order valence-electron chi connectivity index (χ0n) is 8.79. The second-order valence-corrected chi connectivity index (χ2v) is 4.63. The molecule has 3 atom stereocenters. The number of ether oxygens (including phenoxy) is 3. The Kier molecular flexibility index (Phi) is 1.95. The number of rotatable bonds is 1. The van der Waals surface area contributed by atoms with Crippen LogP contribution in [0.3, 0.4) is 0 Å². The standard InChI is InChI=1S/C10H18O3/c1-5-7-6-10(4)8(11-7)12-9(2,3)13-10/h7-8H,5-6H2,1-4H3. The van der Waals surface area contributed by atoms with Gasteiger partial charge in [-0.2, -0.15) is 0 Å². The first-order chi connectivity index (χ1) is 5.95. The molecular weight excluding hydrogens is 168 g/mol. The molecule has 0 N–H and O–H groups in total. The highest BCUT2D eigenvalue weighted by Gasteiger charge is 2.56. The van der Waals surface area contributed by atoms with E-state index >= 15 is 0 Å². The Morgan fingerprint density at radius 2 is 2.00 bits per heavy atom. The Labute approximate surface area is 79.4 Å². The maximum absolute atomic E-state index is 5.85. The average molecular weight is 186 g/mol. The molecule has 76 valence electrons. The van der Waals surface area contributed by atoms with Crippen LogP contribution in [0.15, 0.2) is 0 Å². The molecule has 2 saturated heterocycles. The Morgan fingerprint density at radius 1 is 1.31 bits per heavy atom. The van der Waals surface area contributed by atoms with Crippen LogP contribution in [0, 0.1) is 0 Å². The van der Waals surface area contributed by atoms with Gasteiger partial charge in [-0.05, 0) is 27.2 Å². The predicted octanol–water partition coefficient (Wildman–Crippen LogP) is 2.05. The van der Waals surface area contributed by atoms with Crippen LogP contribution < -0.4 is 0 Å². The van der Waals surface area contributed by atoms with Gasteiger partial charge in [-0.15, -0.1) is 0 Å². The van der Waals surface area contributed by atoms with Crippen molar-refractivity contribution in [2.24, 2.45) is 0 Å².